The van der Waals surface area contributed by atoms with Gasteiger partial charge in [-0.15, -0.1) is 0 Å². The Morgan fingerprint density at radius 2 is 1.61 bits per heavy atom. The van der Waals surface area contributed by atoms with Crippen molar-refractivity contribution >= 4 is 13.7 Å². The molecule has 0 fully saturated rings. The molecule has 38 heavy (non-hydrogen) atoms. The lowest BCUT2D eigenvalue weighted by Crippen LogP contribution is -2.49. The van der Waals surface area contributed by atoms with E-state index in [2.05, 4.69) is 36.3 Å². The summed E-state index contributed by atoms with van der Waals surface area (Å²) in [5.41, 5.74) is 7.69. The van der Waals surface area contributed by atoms with Gasteiger partial charge in [0.2, 0.25) is 0 Å². The second kappa shape index (κ2) is 16.7. The van der Waals surface area contributed by atoms with Gasteiger partial charge in [0.1, 0.15) is 11.8 Å². The Hall–Kier alpha value is -2.22. The van der Waals surface area contributed by atoms with Crippen LogP contribution in [0.1, 0.15) is 69.9 Å². The third kappa shape index (κ3) is 11.7. The average Bonchev–Trinajstić information content (AvgIpc) is 2.93. The molecule has 0 amide bonds. The zero-order valence-corrected chi connectivity index (χ0v) is 24.0. The number of unbranched alkanes of at least 4 members (excludes halogenated alkanes) is 5. The maximum atomic E-state index is 13.5. The summed E-state index contributed by atoms with van der Waals surface area (Å²) in [6, 6.07) is 16.0. The van der Waals surface area contributed by atoms with Crippen molar-refractivity contribution in [2.45, 2.75) is 83.2 Å². The molecule has 4 N–H and O–H groups in total. The van der Waals surface area contributed by atoms with Crippen LogP contribution in [-0.2, 0) is 31.5 Å². The van der Waals surface area contributed by atoms with Crippen LogP contribution in [0.15, 0.2) is 54.6 Å². The van der Waals surface area contributed by atoms with Gasteiger partial charge in [-0.05, 0) is 55.9 Å². The number of carbonyl (C=O) groups is 1. The topological polar surface area (TPSA) is 120 Å². The fourth-order valence-corrected chi connectivity index (χ4v) is 5.55. The summed E-state index contributed by atoms with van der Waals surface area (Å²) in [4.78, 5) is 11.9. The van der Waals surface area contributed by atoms with Crippen molar-refractivity contribution < 1.29 is 28.3 Å². The Kier molecular flexibility index (Phi) is 14.0. The van der Waals surface area contributed by atoms with Crippen LogP contribution in [0.4, 0.5) is 0 Å². The normalized spacial score (nSPS) is 15.3. The predicted molar refractivity (Wildman–Crippen MR) is 151 cm³/mol. The monoisotopic (exact) mass is 548 g/mol. The van der Waals surface area contributed by atoms with Gasteiger partial charge >= 0.3 is 13.7 Å². The number of methoxy groups -OCH3 is 1. The number of nitrogens with two attached hydrogens (primary N) is 1. The summed E-state index contributed by atoms with van der Waals surface area (Å²) in [7, 11) is -2.80. The molecule has 2 rings (SSSR count). The molecular formula is C29H45N2O6P. The number of aliphatic hydroxyl groups excluding tert-OH is 1. The van der Waals surface area contributed by atoms with Crippen LogP contribution in [0.2, 0.25) is 0 Å². The fraction of sp³-hybridized carbons (Fsp3) is 0.552. The van der Waals surface area contributed by atoms with Crippen molar-refractivity contribution in [1.29, 1.82) is 0 Å². The predicted octanol–water partition coefficient (Wildman–Crippen LogP) is 5.57. The van der Waals surface area contributed by atoms with E-state index < -0.39 is 25.3 Å². The zero-order valence-electron chi connectivity index (χ0n) is 23.1. The molecule has 0 bridgehead atoms. The SMILES string of the molecule is CCCCCCCCc1ccc(CCC(N)(CO)COP(=O)(N[C@@H](C)C(=O)OC)Oc2ccccc2)cc1. The van der Waals surface area contributed by atoms with Crippen LogP contribution in [0.5, 0.6) is 5.75 Å². The minimum Gasteiger partial charge on any atom is -0.468 e. The maximum Gasteiger partial charge on any atom is 0.459 e. The van der Waals surface area contributed by atoms with E-state index in [-0.39, 0.29) is 13.2 Å². The molecule has 0 aliphatic heterocycles. The molecule has 0 aromatic heterocycles. The summed E-state index contributed by atoms with van der Waals surface area (Å²) >= 11 is 0. The summed E-state index contributed by atoms with van der Waals surface area (Å²) in [5.74, 6) is -0.320. The highest BCUT2D eigenvalue weighted by atomic mass is 31.2. The number of benzene rings is 2. The van der Waals surface area contributed by atoms with Crippen molar-refractivity contribution in [2.24, 2.45) is 5.73 Å². The molecule has 9 heteroatoms. The molecule has 0 heterocycles. The number of para-hydroxylation sites is 1. The van der Waals surface area contributed by atoms with Crippen molar-refractivity contribution in [3.63, 3.8) is 0 Å². The highest BCUT2D eigenvalue weighted by molar-refractivity contribution is 7.52. The molecule has 0 aliphatic carbocycles. The highest BCUT2D eigenvalue weighted by Crippen LogP contribution is 2.45. The van der Waals surface area contributed by atoms with E-state index in [9.17, 15) is 14.5 Å². The largest absolute Gasteiger partial charge is 0.468 e. The quantitative estimate of drug-likeness (QED) is 0.118. The van der Waals surface area contributed by atoms with E-state index in [1.54, 1.807) is 30.3 Å². The van der Waals surface area contributed by atoms with Crippen LogP contribution in [0.3, 0.4) is 0 Å². The summed E-state index contributed by atoms with van der Waals surface area (Å²) in [6.07, 6.45) is 9.76. The van der Waals surface area contributed by atoms with Crippen molar-refractivity contribution in [2.75, 3.05) is 20.3 Å². The first-order chi connectivity index (χ1) is 18.2. The molecule has 0 spiro atoms. The lowest BCUT2D eigenvalue weighted by molar-refractivity contribution is -0.142. The summed E-state index contributed by atoms with van der Waals surface area (Å²) in [6.45, 7) is 3.10. The molecule has 212 valence electrons. The standard InChI is InChI=1S/C29H45N2O6P/c1-4-5-6-7-8-10-13-25-16-18-26(19-17-25)20-21-29(30,22-32)23-36-38(34,31-24(2)28(33)35-3)37-27-14-11-9-12-15-27/h9,11-12,14-19,24,32H,4-8,10,13,20-23,30H2,1-3H3,(H,31,34)/t24-,29?,38?/m0/s1. The molecule has 3 atom stereocenters. The van der Waals surface area contributed by atoms with Crippen molar-refractivity contribution in [3.05, 3.63) is 65.7 Å². The Labute approximate surface area is 227 Å². The van der Waals surface area contributed by atoms with E-state index in [0.29, 0.717) is 18.6 Å². The van der Waals surface area contributed by atoms with Crippen LogP contribution in [-0.4, -0.2) is 43.0 Å². The van der Waals surface area contributed by atoms with Crippen LogP contribution < -0.4 is 15.3 Å². The van der Waals surface area contributed by atoms with Gasteiger partial charge in [0.25, 0.3) is 0 Å². The third-order valence-electron chi connectivity index (χ3n) is 6.47. The Balaban J connectivity index is 1.94. The number of hydrogen-bond acceptors (Lipinski definition) is 7. The van der Waals surface area contributed by atoms with Gasteiger partial charge in [-0.3, -0.25) is 9.32 Å². The third-order valence-corrected chi connectivity index (χ3v) is 8.09. The van der Waals surface area contributed by atoms with Gasteiger partial charge < -0.3 is 20.1 Å². The van der Waals surface area contributed by atoms with Crippen LogP contribution >= 0.6 is 7.75 Å². The van der Waals surface area contributed by atoms with Gasteiger partial charge in [-0.25, -0.2) is 4.57 Å². The molecule has 2 aromatic carbocycles. The van der Waals surface area contributed by atoms with E-state index in [4.69, 9.17) is 19.5 Å². The number of carbonyl (C=O) groups excluding carboxylic acids is 1. The van der Waals surface area contributed by atoms with Gasteiger partial charge in [0.05, 0.1) is 25.9 Å². The van der Waals surface area contributed by atoms with Gasteiger partial charge in [0, 0.05) is 0 Å². The first-order valence-corrected chi connectivity index (χ1v) is 15.1. The van der Waals surface area contributed by atoms with Gasteiger partial charge in [-0.2, -0.15) is 5.09 Å². The van der Waals surface area contributed by atoms with Crippen LogP contribution in [0.25, 0.3) is 0 Å². The number of ether oxygens (including phenoxy) is 1. The van der Waals surface area contributed by atoms with E-state index in [1.807, 2.05) is 0 Å². The number of aliphatic hydroxyl groups is 1. The molecule has 2 unspecified atom stereocenters. The molecule has 2 aromatic rings. The molecule has 0 saturated heterocycles. The van der Waals surface area contributed by atoms with E-state index >= 15 is 0 Å². The van der Waals surface area contributed by atoms with Crippen LogP contribution in [0, 0.1) is 0 Å². The van der Waals surface area contributed by atoms with Crippen molar-refractivity contribution in [1.82, 2.24) is 5.09 Å². The zero-order chi connectivity index (χ0) is 27.9. The first-order valence-electron chi connectivity index (χ1n) is 13.5. The highest BCUT2D eigenvalue weighted by Gasteiger charge is 2.35. The molecule has 0 saturated carbocycles. The Morgan fingerprint density at radius 1 is 1.00 bits per heavy atom. The fourth-order valence-electron chi connectivity index (χ4n) is 3.96. The molecular weight excluding hydrogens is 503 g/mol. The van der Waals surface area contributed by atoms with E-state index in [0.717, 1.165) is 12.0 Å². The maximum absolute atomic E-state index is 13.5. The summed E-state index contributed by atoms with van der Waals surface area (Å²) < 4.78 is 29.6. The van der Waals surface area contributed by atoms with Crippen molar-refractivity contribution in [3.8, 4) is 5.75 Å². The summed E-state index contributed by atoms with van der Waals surface area (Å²) in [5, 5.41) is 12.6. The number of aryl methyl sites for hydroxylation is 2. The van der Waals surface area contributed by atoms with E-state index in [1.165, 1.54) is 58.1 Å². The Morgan fingerprint density at radius 3 is 2.21 bits per heavy atom. The van der Waals surface area contributed by atoms with Gasteiger partial charge in [0.15, 0.2) is 0 Å². The lowest BCUT2D eigenvalue weighted by atomic mass is 9.93. The smallest absolute Gasteiger partial charge is 0.459 e. The average molecular weight is 549 g/mol. The molecule has 0 aliphatic rings. The Bertz CT molecular complexity index is 988. The molecule has 8 nitrogen and oxygen atoms in total. The minimum atomic E-state index is -4.04. The van der Waals surface area contributed by atoms with Gasteiger partial charge in [-0.1, -0.05) is 81.5 Å². The second-order valence-electron chi connectivity index (χ2n) is 9.90. The lowest BCUT2D eigenvalue weighted by Gasteiger charge is -2.30. The number of nitrogens with one attached hydrogen (secondary N) is 1. The second-order valence-corrected chi connectivity index (χ2v) is 11.6. The number of rotatable bonds is 19. The minimum absolute atomic E-state index is 0.245. The number of esters is 1. The molecule has 0 radical (unpaired) electrons. The first kappa shape index (κ1) is 32.0. The number of hydrogen-bond donors (Lipinski definition) is 3.